The van der Waals surface area contributed by atoms with Gasteiger partial charge in [-0.1, -0.05) is 30.3 Å². The van der Waals surface area contributed by atoms with E-state index in [1.165, 1.54) is 18.2 Å². The number of fused-ring (bicyclic) bond motifs is 1. The Hall–Kier alpha value is -3.32. The van der Waals surface area contributed by atoms with E-state index in [-0.39, 0.29) is 24.6 Å². The van der Waals surface area contributed by atoms with E-state index in [9.17, 15) is 15.0 Å². The maximum atomic E-state index is 12.3. The summed E-state index contributed by atoms with van der Waals surface area (Å²) in [7, 11) is 0. The number of nitrogens with one attached hydrogen (secondary N) is 2. The normalized spacial score (nSPS) is 31.4. The van der Waals surface area contributed by atoms with Crippen molar-refractivity contribution in [2.24, 2.45) is 0 Å². The molecule has 3 fully saturated rings. The Kier molecular flexibility index (Phi) is 6.17. The number of carbonyl (C=O) groups is 1. The number of hydrogen-bond donors (Lipinski definition) is 4. The molecule has 6 rings (SSSR count). The number of rotatable bonds is 7. The number of aliphatic hydroxyl groups excluding tert-OH is 2. The van der Waals surface area contributed by atoms with Crippen molar-refractivity contribution in [1.29, 1.82) is 0 Å². The summed E-state index contributed by atoms with van der Waals surface area (Å²) < 4.78 is 18.2. The van der Waals surface area contributed by atoms with Crippen molar-refractivity contribution in [1.82, 2.24) is 24.8 Å². The molecule has 12 nitrogen and oxygen atoms in total. The van der Waals surface area contributed by atoms with Crippen molar-refractivity contribution >= 4 is 23.1 Å². The van der Waals surface area contributed by atoms with Gasteiger partial charge < -0.3 is 35.1 Å². The minimum absolute atomic E-state index is 0.0169. The van der Waals surface area contributed by atoms with Crippen LogP contribution < -0.4 is 10.6 Å². The molecule has 1 aromatic carbocycles. The Balaban J connectivity index is 1.07. The van der Waals surface area contributed by atoms with E-state index in [1.54, 1.807) is 4.57 Å². The Morgan fingerprint density at radius 1 is 1.17 bits per heavy atom. The summed E-state index contributed by atoms with van der Waals surface area (Å²) in [5.74, 6) is 0.836. The fourth-order valence-electron chi connectivity index (χ4n) is 4.86. The molecule has 2 saturated heterocycles. The molecule has 7 atom stereocenters. The monoisotopic (exact) mass is 496 g/mol. The van der Waals surface area contributed by atoms with Crippen LogP contribution in [0.5, 0.6) is 0 Å². The van der Waals surface area contributed by atoms with Crippen LogP contribution in [0.25, 0.3) is 11.2 Å². The van der Waals surface area contributed by atoms with Gasteiger partial charge in [-0.25, -0.2) is 19.7 Å². The van der Waals surface area contributed by atoms with E-state index in [0.29, 0.717) is 30.2 Å². The van der Waals surface area contributed by atoms with Gasteiger partial charge in [-0.05, 0) is 18.4 Å². The van der Waals surface area contributed by atoms with Gasteiger partial charge >= 0.3 is 6.09 Å². The van der Waals surface area contributed by atoms with Gasteiger partial charge in [0.15, 0.2) is 23.2 Å². The molecule has 0 radical (unpaired) electrons. The summed E-state index contributed by atoms with van der Waals surface area (Å²) in [6.07, 6.45) is -0.357. The molecule has 1 saturated carbocycles. The van der Waals surface area contributed by atoms with Crippen molar-refractivity contribution in [3.8, 4) is 0 Å². The highest BCUT2D eigenvalue weighted by Gasteiger charge is 2.45. The number of anilines is 1. The lowest BCUT2D eigenvalue weighted by Crippen LogP contribution is -2.36. The molecule has 4 N–H and O–H groups in total. The number of aromatic nitrogens is 4. The molecule has 1 aliphatic carbocycles. The van der Waals surface area contributed by atoms with Crippen LogP contribution in [0.3, 0.4) is 0 Å². The first-order valence-corrected chi connectivity index (χ1v) is 12.1. The maximum absolute atomic E-state index is 12.3. The molecule has 3 aliphatic rings. The maximum Gasteiger partial charge on any atom is 0.407 e. The highest BCUT2D eigenvalue weighted by molar-refractivity contribution is 5.82. The number of hydrogen-bond acceptors (Lipinski definition) is 10. The topological polar surface area (TPSA) is 153 Å². The molecule has 12 heteroatoms. The van der Waals surface area contributed by atoms with Crippen LogP contribution in [0.15, 0.2) is 43.0 Å². The first-order chi connectivity index (χ1) is 17.6. The number of alkyl carbamates (subject to hydrolysis) is 1. The Labute approximate surface area is 206 Å². The number of ether oxygens (including phenoxy) is 3. The van der Waals surface area contributed by atoms with Gasteiger partial charge in [0.1, 0.15) is 31.2 Å². The summed E-state index contributed by atoms with van der Waals surface area (Å²) in [5, 5.41) is 27.4. The van der Waals surface area contributed by atoms with Crippen molar-refractivity contribution in [2.75, 3.05) is 25.1 Å². The Bertz CT molecular complexity index is 1220. The van der Waals surface area contributed by atoms with Gasteiger partial charge in [-0.3, -0.25) is 4.57 Å². The lowest BCUT2D eigenvalue weighted by Gasteiger charge is -2.17. The molecule has 2 aliphatic heterocycles. The summed E-state index contributed by atoms with van der Waals surface area (Å²) >= 11 is 0. The molecule has 3 aromatic rings. The first-order valence-electron chi connectivity index (χ1n) is 12.1. The highest BCUT2D eigenvalue weighted by atomic mass is 16.6. The predicted molar refractivity (Wildman–Crippen MR) is 126 cm³/mol. The summed E-state index contributed by atoms with van der Waals surface area (Å²) in [6.45, 7) is 1.07. The number of benzene rings is 1. The molecule has 0 spiro atoms. The molecular weight excluding hydrogens is 468 g/mol. The van der Waals surface area contributed by atoms with Crippen LogP contribution in [0.2, 0.25) is 0 Å². The van der Waals surface area contributed by atoms with Crippen LogP contribution in [-0.4, -0.2) is 86.0 Å². The van der Waals surface area contributed by atoms with Crippen molar-refractivity contribution in [2.45, 2.75) is 55.4 Å². The number of nitrogens with zero attached hydrogens (tertiary/aromatic N) is 4. The van der Waals surface area contributed by atoms with Gasteiger partial charge in [0.2, 0.25) is 0 Å². The van der Waals surface area contributed by atoms with Crippen molar-refractivity contribution < 1.29 is 29.2 Å². The lowest BCUT2D eigenvalue weighted by atomic mass is 10.1. The standard InChI is InChI=1S/C24H28N6O6/c31-19-17(10-35-24(33)29-16-8-15(16)13-4-2-1-3-5-13)36-23(20(19)32)30-12-27-18-21(25-11-26-22(18)30)28-14-6-7-34-9-14/h1-5,11-12,14-17,19-20,23,31-32H,6-10H2,(H,29,33)(H,25,26,28). The number of aliphatic hydroxyl groups is 2. The fraction of sp³-hybridized carbons (Fsp3) is 0.500. The minimum Gasteiger partial charge on any atom is -0.447 e. The zero-order valence-electron chi connectivity index (χ0n) is 19.4. The average molecular weight is 497 g/mol. The van der Waals surface area contributed by atoms with Crippen molar-refractivity contribution in [3.63, 3.8) is 0 Å². The average Bonchev–Trinajstić information content (AvgIpc) is 3.20. The molecule has 2 aromatic heterocycles. The van der Waals surface area contributed by atoms with Crippen LogP contribution in [0.4, 0.5) is 10.6 Å². The third kappa shape index (κ3) is 4.48. The second-order valence-corrected chi connectivity index (χ2v) is 9.40. The zero-order valence-corrected chi connectivity index (χ0v) is 19.4. The third-order valence-corrected chi connectivity index (χ3v) is 6.94. The lowest BCUT2D eigenvalue weighted by molar-refractivity contribution is -0.0533. The van der Waals surface area contributed by atoms with Gasteiger partial charge in [0, 0.05) is 18.6 Å². The Morgan fingerprint density at radius 2 is 2.03 bits per heavy atom. The van der Waals surface area contributed by atoms with Crippen LogP contribution in [-0.2, 0) is 14.2 Å². The van der Waals surface area contributed by atoms with E-state index < -0.39 is 30.6 Å². The summed E-state index contributed by atoms with van der Waals surface area (Å²) in [5.41, 5.74) is 2.14. The van der Waals surface area contributed by atoms with Gasteiger partial charge in [-0.2, -0.15) is 0 Å². The highest BCUT2D eigenvalue weighted by Crippen LogP contribution is 2.40. The van der Waals surface area contributed by atoms with Crippen LogP contribution in [0, 0.1) is 0 Å². The minimum atomic E-state index is -1.26. The number of amides is 1. The van der Waals surface area contributed by atoms with Crippen molar-refractivity contribution in [3.05, 3.63) is 48.5 Å². The summed E-state index contributed by atoms with van der Waals surface area (Å²) in [6, 6.07) is 10.1. The predicted octanol–water partition coefficient (Wildman–Crippen LogP) is 0.929. The SMILES string of the molecule is O=C(NC1CC1c1ccccc1)OCC1OC(n2cnc3c(NC4CCOC4)ncnc32)C(O)C1O. The fourth-order valence-corrected chi connectivity index (χ4v) is 4.86. The second-order valence-electron chi connectivity index (χ2n) is 9.40. The third-order valence-electron chi connectivity index (χ3n) is 6.94. The van der Waals surface area contributed by atoms with E-state index >= 15 is 0 Å². The van der Waals surface area contributed by atoms with Crippen LogP contribution in [0.1, 0.15) is 30.6 Å². The molecule has 4 heterocycles. The molecule has 36 heavy (non-hydrogen) atoms. The molecular formula is C24H28N6O6. The quantitative estimate of drug-likeness (QED) is 0.372. The Morgan fingerprint density at radius 3 is 2.83 bits per heavy atom. The van der Waals surface area contributed by atoms with Crippen LogP contribution >= 0.6 is 0 Å². The van der Waals surface area contributed by atoms with Gasteiger partial charge in [0.05, 0.1) is 19.0 Å². The second kappa shape index (κ2) is 9.62. The van der Waals surface area contributed by atoms with Gasteiger partial charge in [0.25, 0.3) is 0 Å². The number of imidazole rings is 1. The van der Waals surface area contributed by atoms with E-state index in [4.69, 9.17) is 14.2 Å². The molecule has 7 unspecified atom stereocenters. The van der Waals surface area contributed by atoms with E-state index in [1.807, 2.05) is 30.3 Å². The smallest absolute Gasteiger partial charge is 0.407 e. The largest absolute Gasteiger partial charge is 0.447 e. The summed E-state index contributed by atoms with van der Waals surface area (Å²) in [4.78, 5) is 25.3. The molecule has 0 bridgehead atoms. The van der Waals surface area contributed by atoms with Gasteiger partial charge in [-0.15, -0.1) is 0 Å². The van der Waals surface area contributed by atoms with E-state index in [2.05, 4.69) is 25.6 Å². The zero-order chi connectivity index (χ0) is 24.6. The molecule has 190 valence electrons. The number of carbonyl (C=O) groups excluding carboxylic acids is 1. The molecule has 1 amide bonds. The van der Waals surface area contributed by atoms with E-state index in [0.717, 1.165) is 12.8 Å². The first kappa shape index (κ1) is 23.1.